The molecule has 0 bridgehead atoms. The fourth-order valence-electron chi connectivity index (χ4n) is 3.78. The summed E-state index contributed by atoms with van der Waals surface area (Å²) < 4.78 is 18.2. The van der Waals surface area contributed by atoms with Gasteiger partial charge in [0.25, 0.3) is 0 Å². The predicted molar refractivity (Wildman–Crippen MR) is 125 cm³/mol. The Hall–Kier alpha value is -4.79. The van der Waals surface area contributed by atoms with Gasteiger partial charge in [-0.1, -0.05) is 30.3 Å². The lowest BCUT2D eigenvalue weighted by atomic mass is 10.2. The first kappa shape index (κ1) is 21.1. The number of hydrogen-bond acceptors (Lipinski definition) is 6. The second-order valence-electron chi connectivity index (χ2n) is 7.49. The quantitative estimate of drug-likeness (QED) is 0.274. The van der Waals surface area contributed by atoms with Gasteiger partial charge in [0.1, 0.15) is 5.76 Å². The number of hydrazone groups is 1. The second kappa shape index (κ2) is 8.62. The topological polar surface area (TPSA) is 119 Å². The lowest BCUT2D eigenvalue weighted by Crippen LogP contribution is -2.16. The number of nitrogens with zero attached hydrogens (tertiary/aromatic N) is 2. The van der Waals surface area contributed by atoms with Crippen LogP contribution >= 0.6 is 0 Å². The van der Waals surface area contributed by atoms with Gasteiger partial charge in [-0.05, 0) is 30.3 Å². The summed E-state index contributed by atoms with van der Waals surface area (Å²) in [6.45, 7) is 0.342. The summed E-state index contributed by atoms with van der Waals surface area (Å²) in [4.78, 5) is 23.6. The van der Waals surface area contributed by atoms with Crippen LogP contribution in [0.15, 0.2) is 80.8 Å². The van der Waals surface area contributed by atoms with Crippen molar-refractivity contribution in [3.05, 3.63) is 89.7 Å². The van der Waals surface area contributed by atoms with E-state index in [1.807, 2.05) is 47.2 Å². The smallest absolute Gasteiger partial charge is 0.371 e. The van der Waals surface area contributed by atoms with Crippen molar-refractivity contribution in [2.45, 2.75) is 6.54 Å². The first-order chi connectivity index (χ1) is 16.5. The van der Waals surface area contributed by atoms with Crippen molar-refractivity contribution in [3.8, 4) is 5.75 Å². The molecule has 0 unspecified atom stereocenters. The maximum atomic E-state index is 12.5. The van der Waals surface area contributed by atoms with E-state index in [9.17, 15) is 9.59 Å². The lowest BCUT2D eigenvalue weighted by Gasteiger charge is -2.02. The van der Waals surface area contributed by atoms with Gasteiger partial charge in [0.05, 0.1) is 19.9 Å². The van der Waals surface area contributed by atoms with E-state index in [-0.39, 0.29) is 11.5 Å². The summed E-state index contributed by atoms with van der Waals surface area (Å²) >= 11 is 0. The summed E-state index contributed by atoms with van der Waals surface area (Å²) in [5, 5.41) is 14.8. The number of aromatic nitrogens is 1. The Bertz CT molecular complexity index is 1560. The third-order valence-electron chi connectivity index (χ3n) is 5.34. The van der Waals surface area contributed by atoms with Crippen molar-refractivity contribution < 1.29 is 28.3 Å². The van der Waals surface area contributed by atoms with Crippen LogP contribution in [0.4, 0.5) is 0 Å². The molecule has 3 aromatic heterocycles. The van der Waals surface area contributed by atoms with E-state index in [0.717, 1.165) is 21.9 Å². The van der Waals surface area contributed by atoms with Gasteiger partial charge < -0.3 is 23.2 Å². The van der Waals surface area contributed by atoms with E-state index in [1.165, 1.54) is 13.2 Å². The fourth-order valence-corrected chi connectivity index (χ4v) is 3.78. The zero-order valence-corrected chi connectivity index (χ0v) is 18.0. The molecular weight excluding hydrogens is 438 g/mol. The van der Waals surface area contributed by atoms with Gasteiger partial charge in [0.15, 0.2) is 17.1 Å². The number of carboxylic acids is 1. The number of carboxylic acid groups (broad SMARTS) is 1. The van der Waals surface area contributed by atoms with Crippen molar-refractivity contribution in [1.29, 1.82) is 0 Å². The molecule has 0 aliphatic rings. The number of aromatic carboxylic acids is 1. The molecule has 34 heavy (non-hydrogen) atoms. The molecule has 0 aliphatic carbocycles. The highest BCUT2D eigenvalue weighted by Gasteiger charge is 2.15. The summed E-state index contributed by atoms with van der Waals surface area (Å²) in [6, 6.07) is 17.8. The van der Waals surface area contributed by atoms with Gasteiger partial charge in [-0.2, -0.15) is 5.10 Å². The summed E-state index contributed by atoms with van der Waals surface area (Å²) in [7, 11) is 1.54. The molecule has 0 saturated heterocycles. The minimum atomic E-state index is -1.12. The second-order valence-corrected chi connectivity index (χ2v) is 7.49. The number of hydrogen-bond donors (Lipinski definition) is 2. The van der Waals surface area contributed by atoms with Gasteiger partial charge in [-0.3, -0.25) is 4.79 Å². The normalized spacial score (nSPS) is 11.4. The standard InChI is InChI=1S/C25H19N3O6/c1-32-20-8-4-5-15-11-22(34-23(15)20)24(29)27-26-12-16-13-28(19-7-3-2-6-18(16)19)14-17-9-10-21(33-17)25(30)31/h2-13H,14H2,1H3,(H,27,29)(H,30,31)/b26-12-. The highest BCUT2D eigenvalue weighted by Crippen LogP contribution is 2.28. The van der Waals surface area contributed by atoms with Crippen LogP contribution in [0.2, 0.25) is 0 Å². The molecule has 0 aliphatic heterocycles. The van der Waals surface area contributed by atoms with E-state index in [2.05, 4.69) is 10.5 Å². The number of benzene rings is 2. The Labute approximate surface area is 192 Å². The molecule has 0 radical (unpaired) electrons. The monoisotopic (exact) mass is 457 g/mol. The third kappa shape index (κ3) is 3.90. The Morgan fingerprint density at radius 2 is 1.94 bits per heavy atom. The molecule has 0 atom stereocenters. The minimum absolute atomic E-state index is 0.112. The molecule has 0 spiro atoms. The SMILES string of the molecule is COc1cccc2cc(C(=O)N/N=C\c3cn(Cc4ccc(C(=O)O)o4)c4ccccc34)oc12. The van der Waals surface area contributed by atoms with Crippen LogP contribution in [0.1, 0.15) is 32.4 Å². The zero-order chi connectivity index (χ0) is 23.7. The summed E-state index contributed by atoms with van der Waals surface area (Å²) in [5.41, 5.74) is 4.66. The van der Waals surface area contributed by atoms with Crippen LogP contribution in [0.3, 0.4) is 0 Å². The first-order valence-electron chi connectivity index (χ1n) is 10.3. The molecule has 2 N–H and O–H groups in total. The lowest BCUT2D eigenvalue weighted by molar-refractivity contribution is 0.0660. The maximum Gasteiger partial charge on any atom is 0.371 e. The van der Waals surface area contributed by atoms with E-state index in [4.69, 9.17) is 18.7 Å². The number of fused-ring (bicyclic) bond motifs is 2. The van der Waals surface area contributed by atoms with Crippen molar-refractivity contribution in [3.63, 3.8) is 0 Å². The number of carbonyl (C=O) groups is 2. The highest BCUT2D eigenvalue weighted by molar-refractivity contribution is 6.01. The molecule has 9 nitrogen and oxygen atoms in total. The van der Waals surface area contributed by atoms with Crippen molar-refractivity contribution in [2.75, 3.05) is 7.11 Å². The highest BCUT2D eigenvalue weighted by atomic mass is 16.5. The Balaban J connectivity index is 1.37. The Morgan fingerprint density at radius 3 is 2.74 bits per heavy atom. The van der Waals surface area contributed by atoms with Crippen LogP contribution < -0.4 is 10.2 Å². The number of furan rings is 2. The van der Waals surface area contributed by atoms with Crippen molar-refractivity contribution in [2.24, 2.45) is 5.10 Å². The number of para-hydroxylation sites is 2. The Morgan fingerprint density at radius 1 is 1.09 bits per heavy atom. The van der Waals surface area contributed by atoms with Gasteiger partial charge >= 0.3 is 11.9 Å². The maximum absolute atomic E-state index is 12.5. The van der Waals surface area contributed by atoms with Gasteiger partial charge in [-0.25, -0.2) is 10.2 Å². The van der Waals surface area contributed by atoms with Crippen LogP contribution in [-0.2, 0) is 6.54 Å². The molecule has 0 fully saturated rings. The fraction of sp³-hybridized carbons (Fsp3) is 0.0800. The summed E-state index contributed by atoms with van der Waals surface area (Å²) in [6.07, 6.45) is 3.40. The molecule has 5 rings (SSSR count). The number of methoxy groups -OCH3 is 1. The molecular formula is C25H19N3O6. The van der Waals surface area contributed by atoms with Gasteiger partial charge in [-0.15, -0.1) is 0 Å². The largest absolute Gasteiger partial charge is 0.493 e. The zero-order valence-electron chi connectivity index (χ0n) is 18.0. The number of amides is 1. The minimum Gasteiger partial charge on any atom is -0.493 e. The van der Waals surface area contributed by atoms with Crippen LogP contribution in [0.25, 0.3) is 21.9 Å². The van der Waals surface area contributed by atoms with Gasteiger partial charge in [0.2, 0.25) is 5.76 Å². The van der Waals surface area contributed by atoms with E-state index in [0.29, 0.717) is 23.6 Å². The molecule has 170 valence electrons. The summed E-state index contributed by atoms with van der Waals surface area (Å²) in [5.74, 6) is -0.550. The first-order valence-corrected chi connectivity index (χ1v) is 10.3. The van der Waals surface area contributed by atoms with Crippen molar-refractivity contribution in [1.82, 2.24) is 9.99 Å². The molecule has 9 heteroatoms. The molecule has 1 amide bonds. The van der Waals surface area contributed by atoms with Crippen molar-refractivity contribution >= 4 is 40.0 Å². The number of carbonyl (C=O) groups excluding carboxylic acids is 1. The molecule has 0 saturated carbocycles. The molecule has 5 aromatic rings. The van der Waals surface area contributed by atoms with Crippen LogP contribution in [0.5, 0.6) is 5.75 Å². The van der Waals surface area contributed by atoms with E-state index in [1.54, 1.807) is 24.4 Å². The van der Waals surface area contributed by atoms with Gasteiger partial charge in [0, 0.05) is 28.0 Å². The number of nitrogens with one attached hydrogen (secondary N) is 1. The predicted octanol–water partition coefficient (Wildman–Crippen LogP) is 4.50. The van der Waals surface area contributed by atoms with Crippen LogP contribution in [0, 0.1) is 0 Å². The number of rotatable bonds is 7. The molecule has 2 aromatic carbocycles. The molecule has 3 heterocycles. The average Bonchev–Trinajstić information content (AvgIpc) is 3.57. The number of ether oxygens (including phenoxy) is 1. The third-order valence-corrected chi connectivity index (χ3v) is 5.34. The van der Waals surface area contributed by atoms with E-state index < -0.39 is 11.9 Å². The van der Waals surface area contributed by atoms with E-state index >= 15 is 0 Å². The van der Waals surface area contributed by atoms with Crippen LogP contribution in [-0.4, -0.2) is 34.9 Å². The Kier molecular flexibility index (Phi) is 5.35. The average molecular weight is 457 g/mol.